The molecule has 2 rings (SSSR count). The lowest BCUT2D eigenvalue weighted by Gasteiger charge is -2.01. The minimum Gasteiger partial charge on any atom is -0.289 e. The second-order valence-electron chi connectivity index (χ2n) is 3.23. The lowest BCUT2D eigenvalue weighted by molar-refractivity contribution is 1.33. The van der Waals surface area contributed by atoms with Gasteiger partial charge in [-0.2, -0.15) is 0 Å². The van der Waals surface area contributed by atoms with E-state index in [-0.39, 0.29) is 5.17 Å². The third-order valence-corrected chi connectivity index (χ3v) is 2.29. The Balaban J connectivity index is 0.000000606. The molecule has 84 valence electrons. The Morgan fingerprint density at radius 2 is 1.94 bits per heavy atom. The fraction of sp³-hybridized carbons (Fsp3) is 0.231. The van der Waals surface area contributed by atoms with Gasteiger partial charge in [-0.25, -0.2) is 0 Å². The van der Waals surface area contributed by atoms with Crippen molar-refractivity contribution in [2.45, 2.75) is 20.8 Å². The van der Waals surface area contributed by atoms with Crippen molar-refractivity contribution in [2.24, 2.45) is 0 Å². The third-order valence-electron chi connectivity index (χ3n) is 2.07. The molecule has 0 fully saturated rings. The first-order valence-corrected chi connectivity index (χ1v) is 5.65. The van der Waals surface area contributed by atoms with Gasteiger partial charge in [0, 0.05) is 17.1 Å². The smallest absolute Gasteiger partial charge is 0.128 e. The fourth-order valence-electron chi connectivity index (χ4n) is 1.38. The first-order valence-electron chi connectivity index (χ1n) is 5.27. The van der Waals surface area contributed by atoms with Crippen molar-refractivity contribution in [2.75, 3.05) is 0 Å². The van der Waals surface area contributed by atoms with Crippen molar-refractivity contribution in [3.8, 4) is 0 Å². The van der Waals surface area contributed by atoms with Crippen LogP contribution in [0.1, 0.15) is 25.0 Å². The van der Waals surface area contributed by atoms with Gasteiger partial charge in [-0.05, 0) is 36.8 Å². The number of pyridine rings is 1. The predicted molar refractivity (Wildman–Crippen MR) is 70.5 cm³/mol. The zero-order chi connectivity index (χ0) is 12.1. The highest BCUT2D eigenvalue weighted by atomic mass is 35.5. The van der Waals surface area contributed by atoms with Gasteiger partial charge < -0.3 is 0 Å². The van der Waals surface area contributed by atoms with E-state index in [9.17, 15) is 0 Å². The van der Waals surface area contributed by atoms with E-state index in [1.807, 2.05) is 45.2 Å². The first-order chi connectivity index (χ1) is 7.66. The van der Waals surface area contributed by atoms with Crippen LogP contribution in [0.4, 0.5) is 0 Å². The predicted octanol–water partition coefficient (Wildman–Crippen LogP) is 4.13. The molecule has 1 aromatic heterocycles. The van der Waals surface area contributed by atoms with Crippen LogP contribution in [0.2, 0.25) is 0 Å². The van der Waals surface area contributed by atoms with Crippen LogP contribution < -0.4 is 0 Å². The molecule has 16 heavy (non-hydrogen) atoms. The van der Waals surface area contributed by atoms with Gasteiger partial charge in [-0.1, -0.05) is 25.4 Å². The summed E-state index contributed by atoms with van der Waals surface area (Å²) >= 11 is 5.61. The molecule has 0 unspecified atom stereocenters. The van der Waals surface area contributed by atoms with E-state index in [2.05, 4.69) is 4.98 Å². The molecule has 0 bridgehead atoms. The zero-order valence-electron chi connectivity index (χ0n) is 9.71. The Bertz CT molecular complexity index is 506. The van der Waals surface area contributed by atoms with Crippen LogP contribution >= 0.6 is 11.6 Å². The number of fused-ring (bicyclic) bond motifs is 1. The highest BCUT2D eigenvalue weighted by molar-refractivity contribution is 6.68. The Hall–Kier alpha value is -1.41. The summed E-state index contributed by atoms with van der Waals surface area (Å²) in [7, 11) is 0. The molecule has 3 heteroatoms. The SMILES string of the molecule is CC.Cc1cnc2ccc(C(=N)Cl)cc2c1. The van der Waals surface area contributed by atoms with Crippen molar-refractivity contribution < 1.29 is 0 Å². The van der Waals surface area contributed by atoms with E-state index in [1.165, 1.54) is 0 Å². The van der Waals surface area contributed by atoms with Crippen LogP contribution in [0.25, 0.3) is 10.9 Å². The summed E-state index contributed by atoms with van der Waals surface area (Å²) < 4.78 is 0. The summed E-state index contributed by atoms with van der Waals surface area (Å²) in [6, 6.07) is 7.59. The molecule has 1 aromatic carbocycles. The van der Waals surface area contributed by atoms with Crippen LogP contribution in [0.3, 0.4) is 0 Å². The molecule has 0 aliphatic rings. The van der Waals surface area contributed by atoms with Crippen molar-refractivity contribution in [3.63, 3.8) is 0 Å². The number of rotatable bonds is 1. The van der Waals surface area contributed by atoms with E-state index >= 15 is 0 Å². The number of aryl methyl sites for hydroxylation is 1. The van der Waals surface area contributed by atoms with Gasteiger partial charge >= 0.3 is 0 Å². The molecule has 0 spiro atoms. The molecule has 0 aliphatic heterocycles. The number of nitrogens with zero attached hydrogens (tertiary/aromatic N) is 1. The van der Waals surface area contributed by atoms with Crippen LogP contribution in [0.5, 0.6) is 0 Å². The Labute approximate surface area is 101 Å². The van der Waals surface area contributed by atoms with Crippen molar-refractivity contribution >= 4 is 27.7 Å². The van der Waals surface area contributed by atoms with Crippen molar-refractivity contribution in [3.05, 3.63) is 41.6 Å². The van der Waals surface area contributed by atoms with Gasteiger partial charge in [0.25, 0.3) is 0 Å². The van der Waals surface area contributed by atoms with Gasteiger partial charge in [0.2, 0.25) is 0 Å². The lowest BCUT2D eigenvalue weighted by Crippen LogP contribution is -1.89. The summed E-state index contributed by atoms with van der Waals surface area (Å²) in [6.45, 7) is 5.99. The number of halogens is 1. The van der Waals surface area contributed by atoms with Crippen LogP contribution in [-0.2, 0) is 0 Å². The van der Waals surface area contributed by atoms with E-state index < -0.39 is 0 Å². The van der Waals surface area contributed by atoms with Gasteiger partial charge in [-0.3, -0.25) is 10.4 Å². The second kappa shape index (κ2) is 5.61. The van der Waals surface area contributed by atoms with Crippen molar-refractivity contribution in [1.82, 2.24) is 4.98 Å². The summed E-state index contributed by atoms with van der Waals surface area (Å²) in [4.78, 5) is 4.27. The number of benzene rings is 1. The number of aromatic nitrogens is 1. The molecule has 1 heterocycles. The Morgan fingerprint density at radius 3 is 2.56 bits per heavy atom. The highest BCUT2D eigenvalue weighted by Gasteiger charge is 2.00. The number of hydrogen-bond acceptors (Lipinski definition) is 2. The van der Waals surface area contributed by atoms with Gasteiger partial charge in [0.15, 0.2) is 0 Å². The lowest BCUT2D eigenvalue weighted by atomic mass is 10.1. The van der Waals surface area contributed by atoms with Gasteiger partial charge in [0.1, 0.15) is 5.17 Å². The minimum absolute atomic E-state index is 0.0633. The standard InChI is InChI=1S/C11H9ClN2.C2H6/c1-7-4-9-5-8(11(12)13)2-3-10(9)14-6-7;1-2/h2-6,13H,1H3;1-2H3. The van der Waals surface area contributed by atoms with E-state index in [1.54, 1.807) is 6.07 Å². The molecule has 2 nitrogen and oxygen atoms in total. The van der Waals surface area contributed by atoms with Gasteiger partial charge in [-0.15, -0.1) is 0 Å². The number of nitrogens with one attached hydrogen (secondary N) is 1. The zero-order valence-corrected chi connectivity index (χ0v) is 10.5. The molecular weight excluding hydrogens is 220 g/mol. The molecule has 0 saturated heterocycles. The minimum atomic E-state index is 0.0633. The van der Waals surface area contributed by atoms with Gasteiger partial charge in [0.05, 0.1) is 5.52 Å². The highest BCUT2D eigenvalue weighted by Crippen LogP contribution is 2.16. The van der Waals surface area contributed by atoms with E-state index in [4.69, 9.17) is 17.0 Å². The largest absolute Gasteiger partial charge is 0.289 e. The topological polar surface area (TPSA) is 36.7 Å². The van der Waals surface area contributed by atoms with Crippen LogP contribution in [0, 0.1) is 12.3 Å². The monoisotopic (exact) mass is 234 g/mol. The molecule has 0 atom stereocenters. The quantitative estimate of drug-likeness (QED) is 0.740. The van der Waals surface area contributed by atoms with Crippen LogP contribution in [-0.4, -0.2) is 10.2 Å². The molecular formula is C13H15ClN2. The summed E-state index contributed by atoms with van der Waals surface area (Å²) in [5, 5.41) is 8.39. The summed E-state index contributed by atoms with van der Waals surface area (Å²) in [5.41, 5.74) is 2.76. The molecule has 0 amide bonds. The van der Waals surface area contributed by atoms with Crippen molar-refractivity contribution in [1.29, 1.82) is 5.41 Å². The molecule has 0 saturated carbocycles. The number of hydrogen-bond donors (Lipinski definition) is 1. The molecule has 2 aromatic rings. The maximum atomic E-state index is 7.31. The average Bonchev–Trinajstić information content (AvgIpc) is 2.30. The maximum Gasteiger partial charge on any atom is 0.128 e. The fourth-order valence-corrected chi connectivity index (χ4v) is 1.50. The molecule has 0 radical (unpaired) electrons. The maximum absolute atomic E-state index is 7.31. The Morgan fingerprint density at radius 1 is 1.25 bits per heavy atom. The van der Waals surface area contributed by atoms with E-state index in [0.717, 1.165) is 22.0 Å². The summed E-state index contributed by atoms with van der Waals surface area (Å²) in [5.74, 6) is 0. The Kier molecular flexibility index (Phi) is 4.44. The first kappa shape index (κ1) is 12.7. The molecule has 1 N–H and O–H groups in total. The average molecular weight is 235 g/mol. The van der Waals surface area contributed by atoms with Crippen LogP contribution in [0.15, 0.2) is 30.5 Å². The second-order valence-corrected chi connectivity index (χ2v) is 3.61. The summed E-state index contributed by atoms with van der Waals surface area (Å²) in [6.07, 6.45) is 1.83. The normalized spacial score (nSPS) is 9.50. The molecule has 0 aliphatic carbocycles. The third kappa shape index (κ3) is 2.80. The van der Waals surface area contributed by atoms with E-state index in [0.29, 0.717) is 0 Å².